The molecule has 0 aliphatic rings. The van der Waals surface area contributed by atoms with Gasteiger partial charge in [0.2, 0.25) is 0 Å². The molecular formula is C7H12N2S2. The SMILES string of the molecule is Cc1cc(CSCCN)sn1. The predicted molar refractivity (Wildman–Crippen MR) is 52.1 cm³/mol. The summed E-state index contributed by atoms with van der Waals surface area (Å²) in [4.78, 5) is 1.35. The molecule has 0 amide bonds. The van der Waals surface area contributed by atoms with Crippen molar-refractivity contribution >= 4 is 23.3 Å². The molecule has 0 aliphatic heterocycles. The maximum Gasteiger partial charge on any atom is 0.0514 e. The second kappa shape index (κ2) is 4.74. The van der Waals surface area contributed by atoms with Crippen molar-refractivity contribution < 1.29 is 0 Å². The van der Waals surface area contributed by atoms with Crippen molar-refractivity contribution in [3.05, 3.63) is 16.6 Å². The first-order valence-corrected chi connectivity index (χ1v) is 5.45. The van der Waals surface area contributed by atoms with Gasteiger partial charge < -0.3 is 5.73 Å². The van der Waals surface area contributed by atoms with E-state index in [1.54, 1.807) is 11.5 Å². The first kappa shape index (κ1) is 9.03. The van der Waals surface area contributed by atoms with Crippen molar-refractivity contribution in [1.82, 2.24) is 4.37 Å². The number of nitrogens with two attached hydrogens (primary N) is 1. The zero-order chi connectivity index (χ0) is 8.10. The summed E-state index contributed by atoms with van der Waals surface area (Å²) in [6, 6.07) is 2.13. The van der Waals surface area contributed by atoms with Crippen LogP contribution in [0, 0.1) is 6.92 Å². The second-order valence-electron chi connectivity index (χ2n) is 2.28. The zero-order valence-electron chi connectivity index (χ0n) is 6.54. The van der Waals surface area contributed by atoms with Gasteiger partial charge in [0.05, 0.1) is 5.69 Å². The van der Waals surface area contributed by atoms with Crippen LogP contribution in [0.3, 0.4) is 0 Å². The Balaban J connectivity index is 2.27. The molecule has 0 radical (unpaired) electrons. The molecule has 2 N–H and O–H groups in total. The fraction of sp³-hybridized carbons (Fsp3) is 0.571. The van der Waals surface area contributed by atoms with E-state index in [1.807, 2.05) is 18.7 Å². The number of thioether (sulfide) groups is 1. The molecule has 1 rings (SSSR count). The number of hydrogen-bond donors (Lipinski definition) is 1. The maximum atomic E-state index is 5.36. The first-order valence-electron chi connectivity index (χ1n) is 3.53. The third kappa shape index (κ3) is 3.22. The molecule has 0 atom stereocenters. The molecule has 1 aromatic rings. The van der Waals surface area contributed by atoms with Crippen molar-refractivity contribution in [2.24, 2.45) is 5.73 Å². The number of nitrogens with zero attached hydrogens (tertiary/aromatic N) is 1. The largest absolute Gasteiger partial charge is 0.330 e. The maximum absolute atomic E-state index is 5.36. The van der Waals surface area contributed by atoms with Gasteiger partial charge in [-0.3, -0.25) is 0 Å². The van der Waals surface area contributed by atoms with Crippen LogP contribution in [-0.4, -0.2) is 16.7 Å². The van der Waals surface area contributed by atoms with Crippen LogP contribution in [0.5, 0.6) is 0 Å². The van der Waals surface area contributed by atoms with Crippen LogP contribution in [0.15, 0.2) is 6.07 Å². The Hall–Kier alpha value is -0.0600. The monoisotopic (exact) mass is 188 g/mol. The van der Waals surface area contributed by atoms with Gasteiger partial charge in [0.1, 0.15) is 0 Å². The summed E-state index contributed by atoms with van der Waals surface area (Å²) >= 11 is 3.45. The van der Waals surface area contributed by atoms with Gasteiger partial charge in [-0.1, -0.05) is 0 Å². The van der Waals surface area contributed by atoms with Gasteiger partial charge in [0, 0.05) is 22.9 Å². The summed E-state index contributed by atoms with van der Waals surface area (Å²) in [5.41, 5.74) is 6.49. The molecule has 0 unspecified atom stereocenters. The molecule has 1 aromatic heterocycles. The van der Waals surface area contributed by atoms with Gasteiger partial charge in [-0.25, -0.2) is 0 Å². The van der Waals surface area contributed by atoms with Crippen LogP contribution < -0.4 is 5.73 Å². The Morgan fingerprint density at radius 2 is 2.55 bits per heavy atom. The highest BCUT2D eigenvalue weighted by atomic mass is 32.2. The average molecular weight is 188 g/mol. The molecule has 0 saturated carbocycles. The topological polar surface area (TPSA) is 38.9 Å². The van der Waals surface area contributed by atoms with Crippen LogP contribution >= 0.6 is 23.3 Å². The smallest absolute Gasteiger partial charge is 0.0514 e. The fourth-order valence-corrected chi connectivity index (χ4v) is 2.33. The minimum atomic E-state index is 0.766. The Bertz CT molecular complexity index is 210. The van der Waals surface area contributed by atoms with Crippen molar-refractivity contribution in [3.8, 4) is 0 Å². The van der Waals surface area contributed by atoms with Gasteiger partial charge in [-0.05, 0) is 24.5 Å². The van der Waals surface area contributed by atoms with Crippen molar-refractivity contribution in [3.63, 3.8) is 0 Å². The zero-order valence-corrected chi connectivity index (χ0v) is 8.17. The van der Waals surface area contributed by atoms with Crippen LogP contribution in [0.25, 0.3) is 0 Å². The summed E-state index contributed by atoms with van der Waals surface area (Å²) in [5, 5.41) is 0. The van der Waals surface area contributed by atoms with Gasteiger partial charge in [0.25, 0.3) is 0 Å². The van der Waals surface area contributed by atoms with E-state index >= 15 is 0 Å². The third-order valence-corrected chi connectivity index (χ3v) is 3.28. The lowest BCUT2D eigenvalue weighted by atomic mass is 10.4. The quantitative estimate of drug-likeness (QED) is 0.730. The Morgan fingerprint density at radius 3 is 3.09 bits per heavy atom. The lowest BCUT2D eigenvalue weighted by molar-refractivity contribution is 1.15. The average Bonchev–Trinajstić information content (AvgIpc) is 2.37. The van der Waals surface area contributed by atoms with Gasteiger partial charge in [-0.2, -0.15) is 16.1 Å². The normalized spacial score (nSPS) is 10.4. The van der Waals surface area contributed by atoms with Crippen molar-refractivity contribution in [2.75, 3.05) is 12.3 Å². The molecule has 11 heavy (non-hydrogen) atoms. The van der Waals surface area contributed by atoms with E-state index in [9.17, 15) is 0 Å². The molecule has 0 aromatic carbocycles. The number of aromatic nitrogens is 1. The molecule has 0 fully saturated rings. The highest BCUT2D eigenvalue weighted by Gasteiger charge is 1.96. The molecular weight excluding hydrogens is 176 g/mol. The molecule has 0 saturated heterocycles. The second-order valence-corrected chi connectivity index (χ2v) is 4.27. The minimum absolute atomic E-state index is 0.766. The molecule has 0 aliphatic carbocycles. The van der Waals surface area contributed by atoms with E-state index < -0.39 is 0 Å². The van der Waals surface area contributed by atoms with E-state index in [1.165, 1.54) is 4.88 Å². The highest BCUT2D eigenvalue weighted by molar-refractivity contribution is 7.98. The summed E-state index contributed by atoms with van der Waals surface area (Å²) < 4.78 is 4.19. The van der Waals surface area contributed by atoms with Crippen molar-refractivity contribution in [1.29, 1.82) is 0 Å². The Morgan fingerprint density at radius 1 is 1.73 bits per heavy atom. The molecule has 1 heterocycles. The van der Waals surface area contributed by atoms with Crippen LogP contribution in [0.2, 0.25) is 0 Å². The molecule has 0 spiro atoms. The highest BCUT2D eigenvalue weighted by Crippen LogP contribution is 2.16. The van der Waals surface area contributed by atoms with E-state index in [0.29, 0.717) is 0 Å². The summed E-state index contributed by atoms with van der Waals surface area (Å²) in [7, 11) is 0. The summed E-state index contributed by atoms with van der Waals surface area (Å²) in [6.07, 6.45) is 0. The third-order valence-electron chi connectivity index (χ3n) is 1.18. The Kier molecular flexibility index (Phi) is 3.90. The van der Waals surface area contributed by atoms with Gasteiger partial charge >= 0.3 is 0 Å². The van der Waals surface area contributed by atoms with Gasteiger partial charge in [-0.15, -0.1) is 0 Å². The number of hydrogen-bond acceptors (Lipinski definition) is 4. The fourth-order valence-electron chi connectivity index (χ4n) is 0.740. The van der Waals surface area contributed by atoms with Gasteiger partial charge in [0.15, 0.2) is 0 Å². The Labute approximate surface area is 75.4 Å². The standard InChI is InChI=1S/C7H12N2S2/c1-6-4-7(11-9-6)5-10-3-2-8/h4H,2-3,5,8H2,1H3. The van der Waals surface area contributed by atoms with Crippen LogP contribution in [0.4, 0.5) is 0 Å². The van der Waals surface area contributed by atoms with E-state index in [4.69, 9.17) is 5.73 Å². The minimum Gasteiger partial charge on any atom is -0.330 e. The van der Waals surface area contributed by atoms with E-state index in [0.717, 1.165) is 23.7 Å². The summed E-state index contributed by atoms with van der Waals surface area (Å²) in [5.74, 6) is 2.10. The number of aryl methyl sites for hydroxylation is 1. The van der Waals surface area contributed by atoms with Crippen LogP contribution in [-0.2, 0) is 5.75 Å². The molecule has 0 bridgehead atoms. The van der Waals surface area contributed by atoms with Crippen LogP contribution in [0.1, 0.15) is 10.6 Å². The lowest BCUT2D eigenvalue weighted by Crippen LogP contribution is -2.00. The molecule has 62 valence electrons. The summed E-state index contributed by atoms with van der Waals surface area (Å²) in [6.45, 7) is 2.79. The van der Waals surface area contributed by atoms with E-state index in [2.05, 4.69) is 10.4 Å². The first-order chi connectivity index (χ1) is 5.33. The van der Waals surface area contributed by atoms with Crippen molar-refractivity contribution in [2.45, 2.75) is 12.7 Å². The molecule has 4 heteroatoms. The van der Waals surface area contributed by atoms with E-state index in [-0.39, 0.29) is 0 Å². The predicted octanol–water partition coefficient (Wildman–Crippen LogP) is 1.64. The molecule has 2 nitrogen and oxygen atoms in total. The number of rotatable bonds is 4. The lowest BCUT2D eigenvalue weighted by Gasteiger charge is -1.93.